The fraction of sp³-hybridized carbons (Fsp3) is 0.500. The highest BCUT2D eigenvalue weighted by Gasteiger charge is 2.25. The molecule has 1 heterocycles. The van der Waals surface area contributed by atoms with Crippen molar-refractivity contribution in [2.75, 3.05) is 12.4 Å². The van der Waals surface area contributed by atoms with Gasteiger partial charge in [-0.3, -0.25) is 4.79 Å². The molecule has 72 valence electrons. The van der Waals surface area contributed by atoms with Gasteiger partial charge in [-0.1, -0.05) is 5.16 Å². The minimum Gasteiger partial charge on any atom is -0.363 e. The van der Waals surface area contributed by atoms with Gasteiger partial charge in [0.15, 0.2) is 5.82 Å². The van der Waals surface area contributed by atoms with Crippen molar-refractivity contribution in [2.24, 2.45) is 0 Å². The summed E-state index contributed by atoms with van der Waals surface area (Å²) < 4.78 is 4.58. The molecule has 0 aliphatic carbocycles. The Morgan fingerprint density at radius 3 is 2.77 bits per heavy atom. The molecule has 0 aliphatic rings. The Labute approximate surface area is 76.5 Å². The summed E-state index contributed by atoms with van der Waals surface area (Å²) in [6.07, 6.45) is 1.40. The zero-order chi connectivity index (χ0) is 9.90. The second kappa shape index (κ2) is 3.57. The van der Waals surface area contributed by atoms with Crippen molar-refractivity contribution >= 4 is 11.7 Å². The number of rotatable bonds is 3. The van der Waals surface area contributed by atoms with E-state index >= 15 is 0 Å². The third-order valence-electron chi connectivity index (χ3n) is 1.87. The lowest BCUT2D eigenvalue weighted by Crippen LogP contribution is -2.47. The predicted molar refractivity (Wildman–Crippen MR) is 48.3 cm³/mol. The SMILES string of the molecule is CNC(C)(C)C(=O)Nc1ccon1. The summed E-state index contributed by atoms with van der Waals surface area (Å²) in [5.74, 6) is 0.275. The number of hydrogen-bond donors (Lipinski definition) is 2. The monoisotopic (exact) mass is 183 g/mol. The van der Waals surface area contributed by atoms with Crippen LogP contribution in [0.4, 0.5) is 5.82 Å². The van der Waals surface area contributed by atoms with Crippen molar-refractivity contribution in [1.29, 1.82) is 0 Å². The summed E-state index contributed by atoms with van der Waals surface area (Å²) in [5, 5.41) is 9.06. The Morgan fingerprint density at radius 1 is 1.62 bits per heavy atom. The molecule has 0 radical (unpaired) electrons. The molecular weight excluding hydrogens is 170 g/mol. The second-order valence-corrected chi connectivity index (χ2v) is 3.21. The summed E-state index contributed by atoms with van der Waals surface area (Å²) in [4.78, 5) is 11.5. The standard InChI is InChI=1S/C8H13N3O2/c1-8(2,9-3)7(12)10-6-4-5-13-11-6/h4-5,9H,1-3H3,(H,10,11,12). The van der Waals surface area contributed by atoms with Crippen molar-refractivity contribution < 1.29 is 9.32 Å². The molecule has 5 nitrogen and oxygen atoms in total. The molecule has 0 fully saturated rings. The van der Waals surface area contributed by atoms with Gasteiger partial charge < -0.3 is 15.2 Å². The van der Waals surface area contributed by atoms with Crippen LogP contribution in [0.3, 0.4) is 0 Å². The minimum atomic E-state index is -0.612. The summed E-state index contributed by atoms with van der Waals surface area (Å²) in [6, 6.07) is 1.59. The number of nitrogens with one attached hydrogen (secondary N) is 2. The third kappa shape index (κ3) is 2.29. The number of anilines is 1. The minimum absolute atomic E-state index is 0.149. The quantitative estimate of drug-likeness (QED) is 0.720. The van der Waals surface area contributed by atoms with Crippen molar-refractivity contribution in [2.45, 2.75) is 19.4 Å². The van der Waals surface area contributed by atoms with Crippen LogP contribution in [0.25, 0.3) is 0 Å². The van der Waals surface area contributed by atoms with Crippen LogP contribution < -0.4 is 10.6 Å². The second-order valence-electron chi connectivity index (χ2n) is 3.21. The third-order valence-corrected chi connectivity index (χ3v) is 1.87. The molecule has 0 saturated carbocycles. The first kappa shape index (κ1) is 9.73. The van der Waals surface area contributed by atoms with E-state index in [2.05, 4.69) is 20.3 Å². The Bertz CT molecular complexity index is 280. The number of carbonyl (C=O) groups is 1. The molecule has 13 heavy (non-hydrogen) atoms. The number of aromatic nitrogens is 1. The lowest BCUT2D eigenvalue weighted by atomic mass is 10.1. The van der Waals surface area contributed by atoms with Crippen molar-refractivity contribution in [1.82, 2.24) is 10.5 Å². The molecule has 0 atom stereocenters. The average molecular weight is 183 g/mol. The molecule has 0 aliphatic heterocycles. The van der Waals surface area contributed by atoms with Gasteiger partial charge in [0.2, 0.25) is 5.91 Å². The van der Waals surface area contributed by atoms with E-state index in [0.717, 1.165) is 0 Å². The molecule has 1 amide bonds. The van der Waals surface area contributed by atoms with E-state index in [4.69, 9.17) is 0 Å². The fourth-order valence-electron chi connectivity index (χ4n) is 0.663. The molecule has 0 spiro atoms. The van der Waals surface area contributed by atoms with E-state index in [0.29, 0.717) is 5.82 Å². The van der Waals surface area contributed by atoms with Gasteiger partial charge in [0.1, 0.15) is 6.26 Å². The van der Waals surface area contributed by atoms with Gasteiger partial charge in [0, 0.05) is 6.07 Å². The Hall–Kier alpha value is -1.36. The molecule has 1 aromatic rings. The highest BCUT2D eigenvalue weighted by molar-refractivity contribution is 5.96. The van der Waals surface area contributed by atoms with Gasteiger partial charge in [-0.05, 0) is 20.9 Å². The van der Waals surface area contributed by atoms with Crippen LogP contribution in [0.2, 0.25) is 0 Å². The van der Waals surface area contributed by atoms with E-state index in [9.17, 15) is 4.79 Å². The van der Waals surface area contributed by atoms with Crippen LogP contribution in [-0.4, -0.2) is 23.7 Å². The fourth-order valence-corrected chi connectivity index (χ4v) is 0.663. The van der Waals surface area contributed by atoms with Crippen LogP contribution in [-0.2, 0) is 4.79 Å². The van der Waals surface area contributed by atoms with Gasteiger partial charge >= 0.3 is 0 Å². The molecular formula is C8H13N3O2. The van der Waals surface area contributed by atoms with E-state index in [1.807, 2.05) is 0 Å². The smallest absolute Gasteiger partial charge is 0.245 e. The van der Waals surface area contributed by atoms with E-state index < -0.39 is 5.54 Å². The highest BCUT2D eigenvalue weighted by Crippen LogP contribution is 2.07. The first-order chi connectivity index (χ1) is 6.06. The number of hydrogen-bond acceptors (Lipinski definition) is 4. The molecule has 0 unspecified atom stereocenters. The molecule has 2 N–H and O–H groups in total. The molecule has 0 saturated heterocycles. The molecule has 1 aromatic heterocycles. The normalized spacial score (nSPS) is 11.3. The van der Waals surface area contributed by atoms with Gasteiger partial charge in [0.05, 0.1) is 5.54 Å². The largest absolute Gasteiger partial charge is 0.363 e. The lowest BCUT2D eigenvalue weighted by molar-refractivity contribution is -0.121. The Balaban J connectivity index is 2.61. The highest BCUT2D eigenvalue weighted by atomic mass is 16.5. The number of amides is 1. The molecule has 0 aromatic carbocycles. The number of likely N-dealkylation sites (N-methyl/N-ethyl adjacent to an activating group) is 1. The lowest BCUT2D eigenvalue weighted by Gasteiger charge is -2.21. The topological polar surface area (TPSA) is 67.2 Å². The Morgan fingerprint density at radius 2 is 2.31 bits per heavy atom. The van der Waals surface area contributed by atoms with Crippen LogP contribution in [0.5, 0.6) is 0 Å². The predicted octanol–water partition coefficient (Wildman–Crippen LogP) is 0.611. The van der Waals surface area contributed by atoms with Gasteiger partial charge in [0.25, 0.3) is 0 Å². The van der Waals surface area contributed by atoms with Gasteiger partial charge in [-0.2, -0.15) is 0 Å². The van der Waals surface area contributed by atoms with Crippen molar-refractivity contribution in [3.05, 3.63) is 12.3 Å². The summed E-state index contributed by atoms with van der Waals surface area (Å²) >= 11 is 0. The van der Waals surface area contributed by atoms with Crippen LogP contribution >= 0.6 is 0 Å². The van der Waals surface area contributed by atoms with Crippen molar-refractivity contribution in [3.63, 3.8) is 0 Å². The van der Waals surface area contributed by atoms with Gasteiger partial charge in [-0.25, -0.2) is 0 Å². The maximum absolute atomic E-state index is 11.5. The number of carbonyl (C=O) groups excluding carboxylic acids is 1. The maximum Gasteiger partial charge on any atom is 0.245 e. The summed E-state index contributed by atoms with van der Waals surface area (Å²) in [7, 11) is 1.72. The molecule has 1 rings (SSSR count). The molecule has 5 heteroatoms. The zero-order valence-corrected chi connectivity index (χ0v) is 7.92. The van der Waals surface area contributed by atoms with E-state index in [1.54, 1.807) is 27.0 Å². The summed E-state index contributed by atoms with van der Waals surface area (Å²) in [6.45, 7) is 3.56. The van der Waals surface area contributed by atoms with Crippen LogP contribution in [0, 0.1) is 0 Å². The van der Waals surface area contributed by atoms with E-state index in [-0.39, 0.29) is 5.91 Å². The van der Waals surface area contributed by atoms with E-state index in [1.165, 1.54) is 6.26 Å². The first-order valence-electron chi connectivity index (χ1n) is 3.97. The number of nitrogens with zero attached hydrogens (tertiary/aromatic N) is 1. The van der Waals surface area contributed by atoms with Crippen molar-refractivity contribution in [3.8, 4) is 0 Å². The summed E-state index contributed by atoms with van der Waals surface area (Å²) in [5.41, 5.74) is -0.612. The van der Waals surface area contributed by atoms with Crippen LogP contribution in [0.15, 0.2) is 16.9 Å². The van der Waals surface area contributed by atoms with Gasteiger partial charge in [-0.15, -0.1) is 0 Å². The molecule has 0 bridgehead atoms. The maximum atomic E-state index is 11.5. The first-order valence-corrected chi connectivity index (χ1v) is 3.97. The van der Waals surface area contributed by atoms with Crippen LogP contribution in [0.1, 0.15) is 13.8 Å². The Kier molecular flexibility index (Phi) is 2.67. The zero-order valence-electron chi connectivity index (χ0n) is 7.92. The average Bonchev–Trinajstić information content (AvgIpc) is 2.57.